The van der Waals surface area contributed by atoms with Crippen LogP contribution >= 0.6 is 11.6 Å². The van der Waals surface area contributed by atoms with Crippen molar-refractivity contribution in [3.8, 4) is 0 Å². The van der Waals surface area contributed by atoms with Gasteiger partial charge in [-0.15, -0.1) is 5.10 Å². The Morgan fingerprint density at radius 1 is 1.20 bits per heavy atom. The minimum atomic E-state index is 0.656. The number of hydrogen-bond donors (Lipinski definition) is 1. The van der Waals surface area contributed by atoms with Gasteiger partial charge in [-0.25, -0.2) is 4.98 Å². The lowest BCUT2D eigenvalue weighted by Gasteiger charge is -2.28. The molecule has 20 heavy (non-hydrogen) atoms. The Morgan fingerprint density at radius 2 is 2.05 bits per heavy atom. The zero-order valence-electron chi connectivity index (χ0n) is 10.6. The van der Waals surface area contributed by atoms with Crippen molar-refractivity contribution >= 4 is 34.1 Å². The zero-order valence-corrected chi connectivity index (χ0v) is 11.4. The van der Waals surface area contributed by atoms with E-state index < -0.39 is 0 Å². The van der Waals surface area contributed by atoms with Crippen LogP contribution in [0.1, 0.15) is 0 Å². The number of fused-ring (bicyclic) bond motifs is 3. The maximum Gasteiger partial charge on any atom is 0.222 e. The summed E-state index contributed by atoms with van der Waals surface area (Å²) in [4.78, 5) is 6.91. The van der Waals surface area contributed by atoms with Gasteiger partial charge in [-0.2, -0.15) is 4.52 Å². The summed E-state index contributed by atoms with van der Waals surface area (Å²) in [5, 5.41) is 15.9. The lowest BCUT2D eigenvalue weighted by molar-refractivity contribution is 0.586. The fourth-order valence-electron chi connectivity index (χ4n) is 2.51. The second-order valence-electron chi connectivity index (χ2n) is 4.72. The first-order valence-corrected chi connectivity index (χ1v) is 6.84. The van der Waals surface area contributed by atoms with E-state index in [9.17, 15) is 0 Å². The minimum absolute atomic E-state index is 0.656. The fraction of sp³-hybridized carbons (Fsp3) is 0.333. The first kappa shape index (κ1) is 11.8. The number of halogens is 1. The van der Waals surface area contributed by atoms with E-state index >= 15 is 0 Å². The standard InChI is InChI=1S/C12H12ClN7/c13-8-1-2-10-9(7-8)15-11(12-16-17-18-20(10)12)19-5-3-14-4-6-19/h1-2,7,14H,3-6H2. The number of tetrazole rings is 1. The molecule has 0 bridgehead atoms. The molecule has 102 valence electrons. The molecule has 1 aliphatic heterocycles. The molecule has 0 radical (unpaired) electrons. The van der Waals surface area contributed by atoms with Crippen molar-refractivity contribution in [1.82, 2.24) is 30.3 Å². The quantitative estimate of drug-likeness (QED) is 0.712. The van der Waals surface area contributed by atoms with E-state index in [4.69, 9.17) is 16.6 Å². The number of aromatic nitrogens is 5. The fourth-order valence-corrected chi connectivity index (χ4v) is 2.67. The van der Waals surface area contributed by atoms with Crippen LogP contribution in [0.5, 0.6) is 0 Å². The molecule has 0 aliphatic carbocycles. The predicted molar refractivity (Wildman–Crippen MR) is 76.2 cm³/mol. The molecule has 7 nitrogen and oxygen atoms in total. The van der Waals surface area contributed by atoms with Gasteiger partial charge >= 0.3 is 0 Å². The van der Waals surface area contributed by atoms with Crippen molar-refractivity contribution in [3.63, 3.8) is 0 Å². The Hall–Kier alpha value is -1.99. The largest absolute Gasteiger partial charge is 0.351 e. The molecule has 1 fully saturated rings. The highest BCUT2D eigenvalue weighted by molar-refractivity contribution is 6.31. The second kappa shape index (κ2) is 4.53. The summed E-state index contributed by atoms with van der Waals surface area (Å²) in [7, 11) is 0. The lowest BCUT2D eigenvalue weighted by atomic mass is 10.3. The molecule has 1 N–H and O–H groups in total. The van der Waals surface area contributed by atoms with Gasteiger partial charge in [0.25, 0.3) is 0 Å². The molecule has 1 aromatic carbocycles. The van der Waals surface area contributed by atoms with Crippen molar-refractivity contribution in [3.05, 3.63) is 23.2 Å². The van der Waals surface area contributed by atoms with Gasteiger partial charge in [0.2, 0.25) is 5.65 Å². The smallest absolute Gasteiger partial charge is 0.222 e. The van der Waals surface area contributed by atoms with E-state index in [1.165, 1.54) is 0 Å². The average Bonchev–Trinajstić information content (AvgIpc) is 2.96. The van der Waals surface area contributed by atoms with Crippen LogP contribution in [0.25, 0.3) is 16.7 Å². The van der Waals surface area contributed by atoms with Crippen LogP contribution in [-0.2, 0) is 0 Å². The van der Waals surface area contributed by atoms with E-state index in [1.54, 1.807) is 4.52 Å². The number of hydrogen-bond acceptors (Lipinski definition) is 6. The van der Waals surface area contributed by atoms with E-state index in [-0.39, 0.29) is 0 Å². The Kier molecular flexibility index (Phi) is 2.68. The zero-order chi connectivity index (χ0) is 13.5. The van der Waals surface area contributed by atoms with Crippen LogP contribution in [0.2, 0.25) is 5.02 Å². The van der Waals surface area contributed by atoms with Gasteiger partial charge in [-0.1, -0.05) is 11.6 Å². The highest BCUT2D eigenvalue weighted by atomic mass is 35.5. The summed E-state index contributed by atoms with van der Waals surface area (Å²) in [6, 6.07) is 5.54. The molecule has 0 unspecified atom stereocenters. The summed E-state index contributed by atoms with van der Waals surface area (Å²) < 4.78 is 1.72. The molecule has 4 rings (SSSR count). The molecular weight excluding hydrogens is 278 g/mol. The molecule has 0 amide bonds. The SMILES string of the molecule is Clc1ccc2c(c1)nc(N1CCNCC1)c1nnnn12. The van der Waals surface area contributed by atoms with E-state index in [0.29, 0.717) is 10.7 Å². The number of benzene rings is 1. The topological polar surface area (TPSA) is 71.2 Å². The summed E-state index contributed by atoms with van der Waals surface area (Å²) >= 11 is 6.06. The van der Waals surface area contributed by atoms with Crippen molar-refractivity contribution < 1.29 is 0 Å². The molecule has 2 aromatic heterocycles. The highest BCUT2D eigenvalue weighted by Crippen LogP contribution is 2.24. The highest BCUT2D eigenvalue weighted by Gasteiger charge is 2.19. The number of rotatable bonds is 1. The second-order valence-corrected chi connectivity index (χ2v) is 5.16. The molecule has 0 atom stereocenters. The van der Waals surface area contributed by atoms with Crippen LogP contribution < -0.4 is 10.2 Å². The Labute approximate surface area is 119 Å². The van der Waals surface area contributed by atoms with Gasteiger partial charge in [0, 0.05) is 31.2 Å². The third-order valence-corrected chi connectivity index (χ3v) is 3.71. The van der Waals surface area contributed by atoms with Crippen LogP contribution in [0.15, 0.2) is 18.2 Å². The van der Waals surface area contributed by atoms with Gasteiger partial charge in [0.15, 0.2) is 5.82 Å². The van der Waals surface area contributed by atoms with Gasteiger partial charge < -0.3 is 10.2 Å². The molecule has 0 spiro atoms. The molecule has 1 saturated heterocycles. The number of piperazine rings is 1. The monoisotopic (exact) mass is 289 g/mol. The molecule has 0 saturated carbocycles. The summed E-state index contributed by atoms with van der Waals surface area (Å²) in [5.74, 6) is 0.811. The number of nitrogens with one attached hydrogen (secondary N) is 1. The van der Waals surface area contributed by atoms with Crippen LogP contribution in [0.4, 0.5) is 5.82 Å². The van der Waals surface area contributed by atoms with E-state index in [0.717, 1.165) is 43.0 Å². The van der Waals surface area contributed by atoms with Crippen molar-refractivity contribution in [1.29, 1.82) is 0 Å². The van der Waals surface area contributed by atoms with Crippen LogP contribution in [0, 0.1) is 0 Å². The van der Waals surface area contributed by atoms with Gasteiger partial charge in [0.05, 0.1) is 11.0 Å². The van der Waals surface area contributed by atoms with Crippen LogP contribution in [0.3, 0.4) is 0 Å². The molecular formula is C12H12ClN7. The van der Waals surface area contributed by atoms with Crippen molar-refractivity contribution in [2.75, 3.05) is 31.1 Å². The number of anilines is 1. The first-order chi connectivity index (χ1) is 9.83. The van der Waals surface area contributed by atoms with Crippen molar-refractivity contribution in [2.24, 2.45) is 0 Å². The van der Waals surface area contributed by atoms with Gasteiger partial charge in [0.1, 0.15) is 0 Å². The Balaban J connectivity index is 1.99. The Bertz CT molecular complexity index is 778. The van der Waals surface area contributed by atoms with Crippen molar-refractivity contribution in [2.45, 2.75) is 0 Å². The number of nitrogens with zero attached hydrogens (tertiary/aromatic N) is 6. The molecule has 3 aromatic rings. The summed E-state index contributed by atoms with van der Waals surface area (Å²) in [6.07, 6.45) is 0. The average molecular weight is 290 g/mol. The summed E-state index contributed by atoms with van der Waals surface area (Å²) in [6.45, 7) is 3.65. The third-order valence-electron chi connectivity index (χ3n) is 3.48. The minimum Gasteiger partial charge on any atom is -0.351 e. The molecule has 1 aliphatic rings. The molecule has 8 heteroatoms. The normalized spacial score (nSPS) is 16.1. The van der Waals surface area contributed by atoms with E-state index in [1.807, 2.05) is 18.2 Å². The summed E-state index contributed by atoms with van der Waals surface area (Å²) in [5.41, 5.74) is 2.33. The maximum atomic E-state index is 6.06. The Morgan fingerprint density at radius 3 is 2.90 bits per heavy atom. The predicted octanol–water partition coefficient (Wildman–Crippen LogP) is 0.735. The first-order valence-electron chi connectivity index (χ1n) is 6.46. The van der Waals surface area contributed by atoms with E-state index in [2.05, 4.69) is 25.7 Å². The van der Waals surface area contributed by atoms with Crippen LogP contribution in [-0.4, -0.2) is 51.2 Å². The lowest BCUT2D eigenvalue weighted by Crippen LogP contribution is -2.44. The van der Waals surface area contributed by atoms with Gasteiger partial charge in [-0.05, 0) is 28.6 Å². The molecule has 3 heterocycles. The third kappa shape index (κ3) is 1.78. The van der Waals surface area contributed by atoms with Gasteiger partial charge in [-0.3, -0.25) is 0 Å². The maximum absolute atomic E-state index is 6.06.